The van der Waals surface area contributed by atoms with E-state index in [1.54, 1.807) is 0 Å². The third kappa shape index (κ3) is 2.66. The normalized spacial score (nSPS) is 25.5. The largest absolute Gasteiger partial charge is 0.387 e. The van der Waals surface area contributed by atoms with Gasteiger partial charge >= 0.3 is 0 Å². The predicted octanol–water partition coefficient (Wildman–Crippen LogP) is 2.33. The van der Waals surface area contributed by atoms with E-state index in [1.165, 1.54) is 12.8 Å². The number of benzene rings is 1. The SMILES string of the molecule is CNc1ccc(C)cc1C(=O)NC1CCOC1C1CC1. The summed E-state index contributed by atoms with van der Waals surface area (Å²) in [5, 5.41) is 6.25. The van der Waals surface area contributed by atoms with Crippen molar-refractivity contribution in [1.82, 2.24) is 5.32 Å². The van der Waals surface area contributed by atoms with Crippen LogP contribution in [0.2, 0.25) is 0 Å². The second kappa shape index (κ2) is 5.44. The van der Waals surface area contributed by atoms with Gasteiger partial charge in [-0.2, -0.15) is 0 Å². The quantitative estimate of drug-likeness (QED) is 0.886. The standard InChI is InChI=1S/C16H22N2O2/c1-10-3-6-13(17-2)12(9-10)16(19)18-14-7-8-20-15(14)11-4-5-11/h3,6,9,11,14-15,17H,4-5,7-8H2,1-2H3,(H,18,19). The van der Waals surface area contributed by atoms with Crippen LogP contribution in [0.4, 0.5) is 5.69 Å². The van der Waals surface area contributed by atoms with Crippen LogP contribution in [-0.2, 0) is 4.74 Å². The number of ether oxygens (including phenoxy) is 1. The van der Waals surface area contributed by atoms with Crippen LogP contribution in [0.3, 0.4) is 0 Å². The molecule has 1 aromatic rings. The molecule has 3 rings (SSSR count). The Hall–Kier alpha value is -1.55. The van der Waals surface area contributed by atoms with Crippen molar-refractivity contribution in [2.45, 2.75) is 38.3 Å². The highest BCUT2D eigenvalue weighted by Crippen LogP contribution is 2.38. The Morgan fingerprint density at radius 1 is 1.30 bits per heavy atom. The minimum Gasteiger partial charge on any atom is -0.387 e. The average molecular weight is 274 g/mol. The third-order valence-corrected chi connectivity index (χ3v) is 4.23. The van der Waals surface area contributed by atoms with Gasteiger partial charge in [-0.15, -0.1) is 0 Å². The first-order valence-corrected chi connectivity index (χ1v) is 7.40. The lowest BCUT2D eigenvalue weighted by atomic mass is 10.0. The zero-order valence-corrected chi connectivity index (χ0v) is 12.1. The molecule has 108 valence electrons. The lowest BCUT2D eigenvalue weighted by Gasteiger charge is -2.20. The first kappa shape index (κ1) is 13.4. The molecule has 4 nitrogen and oxygen atoms in total. The van der Waals surface area contributed by atoms with E-state index in [4.69, 9.17) is 4.74 Å². The summed E-state index contributed by atoms with van der Waals surface area (Å²) in [5.41, 5.74) is 2.68. The molecule has 1 amide bonds. The van der Waals surface area contributed by atoms with Crippen molar-refractivity contribution in [1.29, 1.82) is 0 Å². The van der Waals surface area contributed by atoms with Gasteiger partial charge in [0.05, 0.1) is 17.7 Å². The van der Waals surface area contributed by atoms with E-state index in [9.17, 15) is 4.79 Å². The Morgan fingerprint density at radius 3 is 2.80 bits per heavy atom. The molecule has 2 aliphatic rings. The summed E-state index contributed by atoms with van der Waals surface area (Å²) < 4.78 is 5.78. The Kier molecular flexibility index (Phi) is 3.66. The first-order chi connectivity index (χ1) is 9.69. The van der Waals surface area contributed by atoms with Crippen LogP contribution in [0, 0.1) is 12.8 Å². The van der Waals surface area contributed by atoms with Crippen molar-refractivity contribution in [3.8, 4) is 0 Å². The van der Waals surface area contributed by atoms with Crippen LogP contribution in [0.5, 0.6) is 0 Å². The van der Waals surface area contributed by atoms with E-state index in [-0.39, 0.29) is 18.1 Å². The minimum atomic E-state index is -0.000741. The van der Waals surface area contributed by atoms with E-state index in [0.29, 0.717) is 11.5 Å². The molecular weight excluding hydrogens is 252 g/mol. The van der Waals surface area contributed by atoms with Gasteiger partial charge in [-0.3, -0.25) is 4.79 Å². The molecule has 20 heavy (non-hydrogen) atoms. The number of hydrogen-bond donors (Lipinski definition) is 2. The predicted molar refractivity (Wildman–Crippen MR) is 79.1 cm³/mol. The Morgan fingerprint density at radius 2 is 2.10 bits per heavy atom. The molecular formula is C16H22N2O2. The maximum atomic E-state index is 12.5. The van der Waals surface area contributed by atoms with E-state index in [1.807, 2.05) is 32.2 Å². The molecule has 0 radical (unpaired) electrons. The number of aryl methyl sites for hydroxylation is 1. The van der Waals surface area contributed by atoms with Crippen LogP contribution in [0.1, 0.15) is 35.2 Å². The summed E-state index contributed by atoms with van der Waals surface area (Å²) in [6, 6.07) is 6.06. The minimum absolute atomic E-state index is 0.000741. The summed E-state index contributed by atoms with van der Waals surface area (Å²) in [4.78, 5) is 12.5. The first-order valence-electron chi connectivity index (χ1n) is 7.40. The second-order valence-corrected chi connectivity index (χ2v) is 5.84. The van der Waals surface area contributed by atoms with Gasteiger partial charge in [-0.05, 0) is 44.2 Å². The van der Waals surface area contributed by atoms with Crippen molar-refractivity contribution in [2.24, 2.45) is 5.92 Å². The highest BCUT2D eigenvalue weighted by molar-refractivity contribution is 6.00. The molecule has 1 aliphatic heterocycles. The van der Waals surface area contributed by atoms with E-state index >= 15 is 0 Å². The number of carbonyl (C=O) groups is 1. The Bertz CT molecular complexity index is 511. The number of amides is 1. The summed E-state index contributed by atoms with van der Waals surface area (Å²) in [6.45, 7) is 2.76. The molecule has 0 bridgehead atoms. The van der Waals surface area contributed by atoms with E-state index < -0.39 is 0 Å². The van der Waals surface area contributed by atoms with Gasteiger partial charge in [0.15, 0.2) is 0 Å². The fourth-order valence-electron chi connectivity index (χ4n) is 2.97. The van der Waals surface area contributed by atoms with Crippen LogP contribution in [0.15, 0.2) is 18.2 Å². The van der Waals surface area contributed by atoms with Crippen LogP contribution >= 0.6 is 0 Å². The molecule has 0 aromatic heterocycles. The molecule has 1 saturated heterocycles. The van der Waals surface area contributed by atoms with Crippen molar-refractivity contribution < 1.29 is 9.53 Å². The number of rotatable bonds is 4. The number of anilines is 1. The smallest absolute Gasteiger partial charge is 0.253 e. The topological polar surface area (TPSA) is 50.4 Å². The van der Waals surface area contributed by atoms with Crippen molar-refractivity contribution in [3.63, 3.8) is 0 Å². The van der Waals surface area contributed by atoms with Gasteiger partial charge in [0.2, 0.25) is 0 Å². The average Bonchev–Trinajstić information content (AvgIpc) is 3.19. The Labute approximate surface area is 119 Å². The van der Waals surface area contributed by atoms with E-state index in [0.717, 1.165) is 24.3 Å². The number of nitrogens with one attached hydrogen (secondary N) is 2. The zero-order chi connectivity index (χ0) is 14.1. The molecule has 0 spiro atoms. The Balaban J connectivity index is 1.74. The zero-order valence-electron chi connectivity index (χ0n) is 12.1. The maximum absolute atomic E-state index is 12.5. The summed E-state index contributed by atoms with van der Waals surface area (Å²) in [7, 11) is 1.84. The molecule has 2 atom stereocenters. The fourth-order valence-corrected chi connectivity index (χ4v) is 2.97. The molecule has 1 aliphatic carbocycles. The molecule has 2 fully saturated rings. The van der Waals surface area contributed by atoms with Crippen LogP contribution in [-0.4, -0.2) is 31.7 Å². The molecule has 1 saturated carbocycles. The van der Waals surface area contributed by atoms with E-state index in [2.05, 4.69) is 10.6 Å². The van der Waals surface area contributed by atoms with Gasteiger partial charge in [0.25, 0.3) is 5.91 Å². The van der Waals surface area contributed by atoms with Gasteiger partial charge < -0.3 is 15.4 Å². The van der Waals surface area contributed by atoms with Gasteiger partial charge in [-0.1, -0.05) is 11.6 Å². The highest BCUT2D eigenvalue weighted by Gasteiger charge is 2.41. The summed E-state index contributed by atoms with van der Waals surface area (Å²) >= 11 is 0. The van der Waals surface area contributed by atoms with Crippen molar-refractivity contribution >= 4 is 11.6 Å². The fraction of sp³-hybridized carbons (Fsp3) is 0.562. The molecule has 1 aromatic carbocycles. The summed E-state index contributed by atoms with van der Waals surface area (Å²) in [6.07, 6.45) is 3.63. The number of carbonyl (C=O) groups excluding carboxylic acids is 1. The van der Waals surface area contributed by atoms with Gasteiger partial charge in [0, 0.05) is 19.3 Å². The van der Waals surface area contributed by atoms with Crippen molar-refractivity contribution in [2.75, 3.05) is 19.0 Å². The lowest BCUT2D eigenvalue weighted by Crippen LogP contribution is -2.41. The molecule has 1 heterocycles. The van der Waals surface area contributed by atoms with Crippen LogP contribution < -0.4 is 10.6 Å². The molecule has 2 unspecified atom stereocenters. The monoisotopic (exact) mass is 274 g/mol. The van der Waals surface area contributed by atoms with Crippen molar-refractivity contribution in [3.05, 3.63) is 29.3 Å². The third-order valence-electron chi connectivity index (χ3n) is 4.23. The molecule has 2 N–H and O–H groups in total. The highest BCUT2D eigenvalue weighted by atomic mass is 16.5. The lowest BCUT2D eigenvalue weighted by molar-refractivity contribution is 0.0730. The molecule has 4 heteroatoms. The van der Waals surface area contributed by atoms with Gasteiger partial charge in [-0.25, -0.2) is 0 Å². The second-order valence-electron chi connectivity index (χ2n) is 5.84. The van der Waals surface area contributed by atoms with Crippen LogP contribution in [0.25, 0.3) is 0 Å². The maximum Gasteiger partial charge on any atom is 0.253 e. The van der Waals surface area contributed by atoms with Gasteiger partial charge in [0.1, 0.15) is 0 Å². The summed E-state index contributed by atoms with van der Waals surface area (Å²) in [5.74, 6) is 0.656. The number of hydrogen-bond acceptors (Lipinski definition) is 3.